The second-order valence-corrected chi connectivity index (χ2v) is 9.66. The van der Waals surface area contributed by atoms with Gasteiger partial charge in [0.05, 0.1) is 5.69 Å². The minimum absolute atomic E-state index is 0.117. The van der Waals surface area contributed by atoms with Gasteiger partial charge in [-0.25, -0.2) is 4.39 Å². The lowest BCUT2D eigenvalue weighted by molar-refractivity contribution is -0.0644. The molecule has 5 nitrogen and oxygen atoms in total. The molecule has 3 saturated heterocycles. The van der Waals surface area contributed by atoms with Crippen LogP contribution in [0.3, 0.4) is 0 Å². The summed E-state index contributed by atoms with van der Waals surface area (Å²) in [5.41, 5.74) is 2.67. The van der Waals surface area contributed by atoms with Crippen molar-refractivity contribution < 1.29 is 9.18 Å². The van der Waals surface area contributed by atoms with Crippen molar-refractivity contribution in [3.8, 4) is 0 Å². The normalized spacial score (nSPS) is 28.4. The fraction of sp³-hybridized carbons (Fsp3) is 0.600. The molecule has 1 aromatic heterocycles. The van der Waals surface area contributed by atoms with Crippen LogP contribution in [0.5, 0.6) is 0 Å². The van der Waals surface area contributed by atoms with Crippen molar-refractivity contribution in [1.82, 2.24) is 19.6 Å². The molecule has 1 amide bonds. The molecule has 166 valence electrons. The number of halogens is 1. The second kappa shape index (κ2) is 8.38. The Morgan fingerprint density at radius 1 is 1.19 bits per heavy atom. The van der Waals surface area contributed by atoms with E-state index in [2.05, 4.69) is 14.9 Å². The fourth-order valence-electron chi connectivity index (χ4n) is 6.38. The number of carbonyl (C=O) groups excluding carboxylic acids is 1. The van der Waals surface area contributed by atoms with Crippen LogP contribution in [0.2, 0.25) is 0 Å². The molecule has 3 fully saturated rings. The number of amides is 1. The van der Waals surface area contributed by atoms with Gasteiger partial charge in [-0.15, -0.1) is 0 Å². The maximum atomic E-state index is 13.9. The molecule has 2 aromatic rings. The molecule has 0 spiro atoms. The number of aryl methyl sites for hydroxylation is 2. The van der Waals surface area contributed by atoms with E-state index in [9.17, 15) is 9.18 Å². The number of fused-ring (bicyclic) bond motifs is 4. The highest BCUT2D eigenvalue weighted by Crippen LogP contribution is 2.42. The molecule has 3 aliphatic rings. The number of piperidine rings is 3. The number of carbonyl (C=O) groups is 1. The summed E-state index contributed by atoms with van der Waals surface area (Å²) in [7, 11) is 0. The van der Waals surface area contributed by atoms with Gasteiger partial charge in [0.25, 0.3) is 5.91 Å². The summed E-state index contributed by atoms with van der Waals surface area (Å²) >= 11 is 0. The summed E-state index contributed by atoms with van der Waals surface area (Å²) in [5, 5.41) is 4.49. The third kappa shape index (κ3) is 3.91. The van der Waals surface area contributed by atoms with Crippen LogP contribution in [0.1, 0.15) is 54.4 Å². The average Bonchev–Trinajstić information content (AvgIpc) is 3.17. The van der Waals surface area contributed by atoms with Crippen molar-refractivity contribution in [2.45, 2.75) is 64.6 Å². The van der Waals surface area contributed by atoms with E-state index in [-0.39, 0.29) is 11.7 Å². The molecule has 0 N–H and O–H groups in total. The van der Waals surface area contributed by atoms with E-state index in [1.165, 1.54) is 31.7 Å². The smallest absolute Gasteiger partial charge is 0.272 e. The fourth-order valence-corrected chi connectivity index (χ4v) is 6.38. The van der Waals surface area contributed by atoms with Crippen molar-refractivity contribution in [3.05, 3.63) is 53.1 Å². The quantitative estimate of drug-likeness (QED) is 0.747. The standard InChI is InChI=1S/C25H33FN4O/c1-3-30-24(11-17(2)27-30)25(31)28-15-19-14-20(16-28)23(29-10-5-4-9-22(19)29)13-18-7-6-8-21(26)12-18/h6-8,11-12,19-20,22-23H,3-5,9-10,13-16H2,1-2H3/t19-,20+,22+,23+/m1/s1. The lowest BCUT2D eigenvalue weighted by Crippen LogP contribution is -2.64. The zero-order chi connectivity index (χ0) is 21.5. The second-order valence-electron chi connectivity index (χ2n) is 9.66. The van der Waals surface area contributed by atoms with Gasteiger partial charge in [0, 0.05) is 31.7 Å². The van der Waals surface area contributed by atoms with Crippen LogP contribution in [0.4, 0.5) is 4.39 Å². The molecular formula is C25H33FN4O. The van der Waals surface area contributed by atoms with E-state index < -0.39 is 0 Å². The van der Waals surface area contributed by atoms with Crippen LogP contribution in [0, 0.1) is 24.6 Å². The SMILES string of the molecule is CCn1nc(C)cc1C(=O)N1C[C@H]2C[C@@H](C1)[C@H](Cc1cccc(F)c1)N1CCCC[C@@H]21. The zero-order valence-corrected chi connectivity index (χ0v) is 18.6. The highest BCUT2D eigenvalue weighted by Gasteiger charge is 2.48. The van der Waals surface area contributed by atoms with E-state index in [0.717, 1.165) is 37.3 Å². The lowest BCUT2D eigenvalue weighted by atomic mass is 9.71. The van der Waals surface area contributed by atoms with Gasteiger partial charge in [0.2, 0.25) is 0 Å². The number of hydrogen-bond donors (Lipinski definition) is 0. The van der Waals surface area contributed by atoms with Crippen LogP contribution in [0.25, 0.3) is 0 Å². The molecule has 0 saturated carbocycles. The summed E-state index contributed by atoms with van der Waals surface area (Å²) in [5.74, 6) is 0.918. The predicted octanol–water partition coefficient (Wildman–Crippen LogP) is 3.91. The van der Waals surface area contributed by atoms with Gasteiger partial charge in [-0.05, 0) is 81.7 Å². The van der Waals surface area contributed by atoms with Gasteiger partial charge in [-0.3, -0.25) is 14.4 Å². The molecule has 4 heterocycles. The summed E-state index contributed by atoms with van der Waals surface area (Å²) in [6, 6.07) is 9.89. The van der Waals surface area contributed by atoms with Crippen LogP contribution < -0.4 is 0 Å². The number of hydrogen-bond acceptors (Lipinski definition) is 3. The van der Waals surface area contributed by atoms with Crippen LogP contribution in [0.15, 0.2) is 30.3 Å². The monoisotopic (exact) mass is 424 g/mol. The maximum Gasteiger partial charge on any atom is 0.272 e. The lowest BCUT2D eigenvalue weighted by Gasteiger charge is -2.57. The Morgan fingerprint density at radius 2 is 2.03 bits per heavy atom. The molecule has 4 atom stereocenters. The van der Waals surface area contributed by atoms with Crippen LogP contribution in [-0.2, 0) is 13.0 Å². The van der Waals surface area contributed by atoms with E-state index in [1.807, 2.05) is 36.7 Å². The van der Waals surface area contributed by atoms with Crippen molar-refractivity contribution in [2.75, 3.05) is 19.6 Å². The number of aromatic nitrogens is 2. The van der Waals surface area contributed by atoms with Crippen molar-refractivity contribution in [3.63, 3.8) is 0 Å². The Bertz CT molecular complexity index is 957. The molecule has 0 unspecified atom stereocenters. The van der Waals surface area contributed by atoms with Gasteiger partial charge in [0.15, 0.2) is 0 Å². The number of nitrogens with zero attached hydrogens (tertiary/aromatic N) is 4. The first-order chi connectivity index (χ1) is 15.0. The molecule has 31 heavy (non-hydrogen) atoms. The minimum Gasteiger partial charge on any atom is -0.337 e. The largest absolute Gasteiger partial charge is 0.337 e. The van der Waals surface area contributed by atoms with Crippen molar-refractivity contribution in [1.29, 1.82) is 0 Å². The van der Waals surface area contributed by atoms with Gasteiger partial charge in [0.1, 0.15) is 11.5 Å². The molecule has 0 radical (unpaired) electrons. The highest BCUT2D eigenvalue weighted by atomic mass is 19.1. The summed E-state index contributed by atoms with van der Waals surface area (Å²) < 4.78 is 15.7. The Balaban J connectivity index is 1.42. The van der Waals surface area contributed by atoms with Crippen LogP contribution in [-0.4, -0.2) is 57.2 Å². The van der Waals surface area contributed by atoms with Crippen LogP contribution >= 0.6 is 0 Å². The molecule has 3 aliphatic heterocycles. The summed E-state index contributed by atoms with van der Waals surface area (Å²) in [6.07, 6.45) is 5.76. The Morgan fingerprint density at radius 3 is 2.84 bits per heavy atom. The minimum atomic E-state index is -0.162. The first-order valence-corrected chi connectivity index (χ1v) is 11.9. The first kappa shape index (κ1) is 20.7. The first-order valence-electron chi connectivity index (χ1n) is 11.9. The molecule has 2 bridgehead atoms. The molecular weight excluding hydrogens is 391 g/mol. The molecule has 1 aromatic carbocycles. The topological polar surface area (TPSA) is 41.4 Å². The summed E-state index contributed by atoms with van der Waals surface area (Å²) in [6.45, 7) is 7.44. The number of likely N-dealkylation sites (tertiary alicyclic amines) is 1. The Hall–Kier alpha value is -2.21. The molecule has 0 aliphatic carbocycles. The highest BCUT2D eigenvalue weighted by molar-refractivity contribution is 5.92. The van der Waals surface area contributed by atoms with Crippen molar-refractivity contribution >= 4 is 5.91 Å². The van der Waals surface area contributed by atoms with E-state index in [4.69, 9.17) is 0 Å². The van der Waals surface area contributed by atoms with E-state index >= 15 is 0 Å². The van der Waals surface area contributed by atoms with Gasteiger partial charge < -0.3 is 4.90 Å². The predicted molar refractivity (Wildman–Crippen MR) is 118 cm³/mol. The Labute approximate surface area is 184 Å². The van der Waals surface area contributed by atoms with E-state index in [1.54, 1.807) is 6.07 Å². The maximum absolute atomic E-state index is 13.9. The van der Waals surface area contributed by atoms with Crippen molar-refractivity contribution in [2.24, 2.45) is 11.8 Å². The third-order valence-corrected chi connectivity index (χ3v) is 7.66. The molecule has 6 heteroatoms. The van der Waals surface area contributed by atoms with Gasteiger partial charge >= 0.3 is 0 Å². The van der Waals surface area contributed by atoms with Gasteiger partial charge in [-0.1, -0.05) is 18.6 Å². The molecule has 5 rings (SSSR count). The Kier molecular flexibility index (Phi) is 5.59. The number of rotatable bonds is 4. The summed E-state index contributed by atoms with van der Waals surface area (Å²) in [4.78, 5) is 18.3. The van der Waals surface area contributed by atoms with Gasteiger partial charge in [-0.2, -0.15) is 5.10 Å². The zero-order valence-electron chi connectivity index (χ0n) is 18.6. The number of benzene rings is 1. The van der Waals surface area contributed by atoms with E-state index in [0.29, 0.717) is 36.2 Å². The third-order valence-electron chi connectivity index (χ3n) is 7.66. The average molecular weight is 425 g/mol.